The SMILES string of the molecule is COc1c(C(C)C)cc(C(CC(=O)O)Cc2csc(CCCc3ccc4c(n3)NCCC4)n2)cc1C(C)C. The number of carboxylic acid groups (broad SMARTS) is 1. The fraction of sp³-hybridized carbons (Fsp3) is 0.516. The third-order valence-corrected chi connectivity index (χ3v) is 8.30. The number of benzene rings is 1. The predicted octanol–water partition coefficient (Wildman–Crippen LogP) is 7.13. The van der Waals surface area contributed by atoms with E-state index in [0.29, 0.717) is 6.42 Å². The molecule has 1 unspecified atom stereocenters. The minimum atomic E-state index is -0.787. The number of rotatable bonds is 12. The molecule has 1 aliphatic heterocycles. The van der Waals surface area contributed by atoms with E-state index in [9.17, 15) is 9.90 Å². The van der Waals surface area contributed by atoms with Crippen LogP contribution in [0.5, 0.6) is 5.75 Å². The van der Waals surface area contributed by atoms with E-state index in [1.165, 1.54) is 12.0 Å². The van der Waals surface area contributed by atoms with E-state index in [1.807, 2.05) is 0 Å². The summed E-state index contributed by atoms with van der Waals surface area (Å²) in [6, 6.07) is 8.66. The number of aliphatic carboxylic acids is 1. The van der Waals surface area contributed by atoms with Crippen molar-refractivity contribution in [1.82, 2.24) is 9.97 Å². The number of hydrogen-bond donors (Lipinski definition) is 2. The van der Waals surface area contributed by atoms with Gasteiger partial charge in [0.15, 0.2) is 0 Å². The van der Waals surface area contributed by atoms with Gasteiger partial charge in [-0.3, -0.25) is 4.79 Å². The number of anilines is 1. The van der Waals surface area contributed by atoms with E-state index in [0.717, 1.165) is 76.9 Å². The van der Waals surface area contributed by atoms with Crippen LogP contribution in [0.25, 0.3) is 0 Å². The number of carboxylic acids is 1. The van der Waals surface area contributed by atoms with Crippen molar-refractivity contribution in [2.45, 2.75) is 90.4 Å². The third-order valence-electron chi connectivity index (χ3n) is 7.34. The number of methoxy groups -OCH3 is 1. The van der Waals surface area contributed by atoms with Crippen LogP contribution in [-0.4, -0.2) is 34.7 Å². The Balaban J connectivity index is 1.46. The standard InChI is InChI=1S/C31H41N3O3S/c1-19(2)26-15-23(16-27(20(3)4)30(26)37-5)22(17-29(35)36)14-25-18-38-28(33-25)10-6-9-24-12-11-21-8-7-13-32-31(21)34-24/h11-12,15-16,18-20,22H,6-10,13-14,17H2,1-5H3,(H,32,34)(H,35,36). The first-order valence-corrected chi connectivity index (χ1v) is 14.7. The summed E-state index contributed by atoms with van der Waals surface area (Å²) in [6.45, 7) is 9.62. The van der Waals surface area contributed by atoms with Crippen LogP contribution in [0.4, 0.5) is 5.82 Å². The van der Waals surface area contributed by atoms with Gasteiger partial charge < -0.3 is 15.2 Å². The molecule has 7 heteroatoms. The summed E-state index contributed by atoms with van der Waals surface area (Å²) < 4.78 is 5.80. The van der Waals surface area contributed by atoms with E-state index in [4.69, 9.17) is 14.7 Å². The zero-order valence-corrected chi connectivity index (χ0v) is 24.2. The highest BCUT2D eigenvalue weighted by atomic mass is 32.1. The number of ether oxygens (including phenoxy) is 1. The number of fused-ring (bicyclic) bond motifs is 1. The van der Waals surface area contributed by atoms with Crippen LogP contribution in [0.3, 0.4) is 0 Å². The van der Waals surface area contributed by atoms with Crippen molar-refractivity contribution in [2.24, 2.45) is 0 Å². The van der Waals surface area contributed by atoms with Crippen LogP contribution in [0.15, 0.2) is 29.6 Å². The van der Waals surface area contributed by atoms with Gasteiger partial charge in [0.1, 0.15) is 11.6 Å². The molecule has 0 saturated carbocycles. The molecule has 38 heavy (non-hydrogen) atoms. The minimum absolute atomic E-state index is 0.0757. The van der Waals surface area contributed by atoms with Crippen molar-refractivity contribution in [3.05, 3.63) is 68.3 Å². The molecule has 1 aliphatic rings. The molecule has 0 amide bonds. The van der Waals surface area contributed by atoms with Crippen LogP contribution >= 0.6 is 11.3 Å². The molecular weight excluding hydrogens is 494 g/mol. The Morgan fingerprint density at radius 2 is 1.82 bits per heavy atom. The van der Waals surface area contributed by atoms with Gasteiger partial charge in [-0.2, -0.15) is 0 Å². The highest BCUT2D eigenvalue weighted by molar-refractivity contribution is 7.09. The van der Waals surface area contributed by atoms with Gasteiger partial charge in [0.2, 0.25) is 0 Å². The van der Waals surface area contributed by atoms with Crippen molar-refractivity contribution in [2.75, 3.05) is 19.0 Å². The molecule has 0 radical (unpaired) electrons. The maximum absolute atomic E-state index is 11.9. The normalized spacial score (nSPS) is 13.9. The minimum Gasteiger partial charge on any atom is -0.496 e. The number of aromatic nitrogens is 2. The summed E-state index contributed by atoms with van der Waals surface area (Å²) in [6.07, 6.45) is 5.78. The van der Waals surface area contributed by atoms with Crippen LogP contribution in [0.1, 0.15) is 103 Å². The van der Waals surface area contributed by atoms with Gasteiger partial charge in [-0.25, -0.2) is 9.97 Å². The molecule has 0 spiro atoms. The lowest BCUT2D eigenvalue weighted by Crippen LogP contribution is -2.14. The first-order chi connectivity index (χ1) is 18.2. The van der Waals surface area contributed by atoms with Crippen LogP contribution in [0, 0.1) is 0 Å². The maximum atomic E-state index is 11.9. The lowest BCUT2D eigenvalue weighted by Gasteiger charge is -2.23. The van der Waals surface area contributed by atoms with E-state index < -0.39 is 5.97 Å². The number of aryl methyl sites for hydroxylation is 3. The highest BCUT2D eigenvalue weighted by Crippen LogP contribution is 2.39. The summed E-state index contributed by atoms with van der Waals surface area (Å²) in [5.41, 5.74) is 6.74. The second-order valence-corrected chi connectivity index (χ2v) is 11.9. The number of pyridine rings is 1. The molecule has 204 valence electrons. The molecule has 4 rings (SSSR count). The van der Waals surface area contributed by atoms with E-state index >= 15 is 0 Å². The van der Waals surface area contributed by atoms with Gasteiger partial charge in [0.05, 0.1) is 24.2 Å². The first-order valence-electron chi connectivity index (χ1n) is 13.8. The lowest BCUT2D eigenvalue weighted by atomic mass is 9.84. The first kappa shape index (κ1) is 28.1. The monoisotopic (exact) mass is 535 g/mol. The molecule has 0 fully saturated rings. The molecule has 2 aromatic heterocycles. The molecule has 6 nitrogen and oxygen atoms in total. The molecule has 3 heterocycles. The van der Waals surface area contributed by atoms with Crippen LogP contribution in [-0.2, 0) is 30.5 Å². The summed E-state index contributed by atoms with van der Waals surface area (Å²) in [5.74, 6) is 1.60. The van der Waals surface area contributed by atoms with E-state index in [2.05, 4.69) is 62.7 Å². The Morgan fingerprint density at radius 1 is 1.08 bits per heavy atom. The Kier molecular flexibility index (Phi) is 9.42. The largest absolute Gasteiger partial charge is 0.496 e. The summed E-state index contributed by atoms with van der Waals surface area (Å²) in [7, 11) is 1.72. The van der Waals surface area contributed by atoms with Gasteiger partial charge in [0, 0.05) is 17.6 Å². The number of carbonyl (C=O) groups is 1. The number of nitrogens with one attached hydrogen (secondary N) is 1. The van der Waals surface area contributed by atoms with E-state index in [-0.39, 0.29) is 24.2 Å². The van der Waals surface area contributed by atoms with Gasteiger partial charge in [0.25, 0.3) is 0 Å². The van der Waals surface area contributed by atoms with Gasteiger partial charge in [-0.15, -0.1) is 11.3 Å². The van der Waals surface area contributed by atoms with Crippen molar-refractivity contribution < 1.29 is 14.6 Å². The molecule has 0 aliphatic carbocycles. The van der Waals surface area contributed by atoms with Crippen LogP contribution < -0.4 is 10.1 Å². The average Bonchev–Trinajstić information content (AvgIpc) is 3.34. The Bertz CT molecular complexity index is 1220. The molecule has 0 bridgehead atoms. The van der Waals surface area contributed by atoms with Gasteiger partial charge >= 0.3 is 5.97 Å². The quantitative estimate of drug-likeness (QED) is 0.257. The van der Waals surface area contributed by atoms with E-state index in [1.54, 1.807) is 18.4 Å². The maximum Gasteiger partial charge on any atom is 0.303 e. The van der Waals surface area contributed by atoms with Crippen molar-refractivity contribution in [3.63, 3.8) is 0 Å². The summed E-state index contributed by atoms with van der Waals surface area (Å²) >= 11 is 1.67. The number of hydrogen-bond acceptors (Lipinski definition) is 6. The second kappa shape index (κ2) is 12.7. The van der Waals surface area contributed by atoms with Crippen molar-refractivity contribution >= 4 is 23.1 Å². The average molecular weight is 536 g/mol. The second-order valence-electron chi connectivity index (χ2n) is 11.0. The summed E-state index contributed by atoms with van der Waals surface area (Å²) in [5, 5.41) is 16.3. The Hall–Kier alpha value is -2.93. The zero-order valence-electron chi connectivity index (χ0n) is 23.3. The molecule has 0 saturated heterocycles. The van der Waals surface area contributed by atoms with Crippen molar-refractivity contribution in [3.8, 4) is 5.75 Å². The number of thiazole rings is 1. The third kappa shape index (κ3) is 6.93. The summed E-state index contributed by atoms with van der Waals surface area (Å²) in [4.78, 5) is 21.6. The smallest absolute Gasteiger partial charge is 0.303 e. The van der Waals surface area contributed by atoms with Crippen molar-refractivity contribution in [1.29, 1.82) is 0 Å². The molecule has 1 atom stereocenters. The Labute approximate surface area is 230 Å². The van der Waals surface area contributed by atoms with Gasteiger partial charge in [-0.1, -0.05) is 45.9 Å². The van der Waals surface area contributed by atoms with Crippen LogP contribution in [0.2, 0.25) is 0 Å². The lowest BCUT2D eigenvalue weighted by molar-refractivity contribution is -0.137. The fourth-order valence-corrected chi connectivity index (χ4v) is 6.14. The zero-order chi connectivity index (χ0) is 27.2. The molecule has 2 N–H and O–H groups in total. The Morgan fingerprint density at radius 3 is 2.47 bits per heavy atom. The highest BCUT2D eigenvalue weighted by Gasteiger charge is 2.23. The molecular formula is C31H41N3O3S. The topological polar surface area (TPSA) is 84.3 Å². The fourth-order valence-electron chi connectivity index (χ4n) is 5.29. The number of nitrogens with zero attached hydrogens (tertiary/aromatic N) is 2. The molecule has 3 aromatic rings. The van der Waals surface area contributed by atoms with Gasteiger partial charge in [-0.05, 0) is 84.6 Å². The predicted molar refractivity (Wildman–Crippen MR) is 155 cm³/mol. The molecule has 1 aromatic carbocycles.